The molecule has 0 aliphatic heterocycles. The van der Waals surface area contributed by atoms with E-state index in [1.165, 1.54) is 31.1 Å². The molecule has 2 unspecified atom stereocenters. The van der Waals surface area contributed by atoms with E-state index in [0.717, 1.165) is 0 Å². The third kappa shape index (κ3) is 8.63. The van der Waals surface area contributed by atoms with Gasteiger partial charge < -0.3 is 30.1 Å². The standard InChI is InChI=1S/C23H35N3O7/c1-14(25-21(31)33-23(5,6)7)20(30)26(22(2,3)4)18(15-10-9-11-16(27)12-15)19(29)24-13-17(28)32-8/h9-12,14,18,27H,13H2,1-8H3,(H,24,29)(H,25,31). The van der Waals surface area contributed by atoms with Crippen molar-refractivity contribution in [3.8, 4) is 5.75 Å². The van der Waals surface area contributed by atoms with Gasteiger partial charge in [-0.15, -0.1) is 0 Å². The Balaban J connectivity index is 3.37. The van der Waals surface area contributed by atoms with Crippen LogP contribution in [0.4, 0.5) is 4.79 Å². The van der Waals surface area contributed by atoms with Gasteiger partial charge in [-0.05, 0) is 66.2 Å². The third-order valence-corrected chi connectivity index (χ3v) is 4.39. The first kappa shape index (κ1) is 27.7. The number of benzene rings is 1. The summed E-state index contributed by atoms with van der Waals surface area (Å²) >= 11 is 0. The number of hydrogen-bond donors (Lipinski definition) is 3. The second-order valence-corrected chi connectivity index (χ2v) is 9.54. The fourth-order valence-corrected chi connectivity index (χ4v) is 3.04. The number of esters is 1. The molecular weight excluding hydrogens is 430 g/mol. The molecule has 0 aliphatic carbocycles. The smallest absolute Gasteiger partial charge is 0.408 e. The average molecular weight is 466 g/mol. The number of hydrogen-bond acceptors (Lipinski definition) is 7. The van der Waals surface area contributed by atoms with E-state index in [4.69, 9.17) is 4.74 Å². The number of phenols is 1. The van der Waals surface area contributed by atoms with Crippen LogP contribution in [0.25, 0.3) is 0 Å². The summed E-state index contributed by atoms with van der Waals surface area (Å²) in [7, 11) is 1.19. The zero-order chi connectivity index (χ0) is 25.6. The molecule has 10 heteroatoms. The van der Waals surface area contributed by atoms with E-state index in [1.54, 1.807) is 53.7 Å². The lowest BCUT2D eigenvalue weighted by atomic mass is 9.95. The van der Waals surface area contributed by atoms with Crippen molar-refractivity contribution in [2.45, 2.75) is 71.7 Å². The number of amides is 3. The SMILES string of the molecule is COC(=O)CNC(=O)C(c1cccc(O)c1)N(C(=O)C(C)NC(=O)OC(C)(C)C)C(C)(C)C. The van der Waals surface area contributed by atoms with Gasteiger partial charge in [0.05, 0.1) is 7.11 Å². The van der Waals surface area contributed by atoms with E-state index in [9.17, 15) is 24.3 Å². The van der Waals surface area contributed by atoms with Crippen LogP contribution in [0.1, 0.15) is 60.1 Å². The number of rotatable bonds is 7. The minimum atomic E-state index is -1.21. The fourth-order valence-electron chi connectivity index (χ4n) is 3.04. The molecule has 3 amide bonds. The van der Waals surface area contributed by atoms with Crippen molar-refractivity contribution < 1.29 is 33.8 Å². The highest BCUT2D eigenvalue weighted by Gasteiger charge is 2.41. The van der Waals surface area contributed by atoms with Gasteiger partial charge in [-0.2, -0.15) is 0 Å². The number of alkyl carbamates (subject to hydrolysis) is 1. The Labute approximate surface area is 194 Å². The van der Waals surface area contributed by atoms with Crippen molar-refractivity contribution in [3.63, 3.8) is 0 Å². The molecule has 0 radical (unpaired) electrons. The first-order valence-corrected chi connectivity index (χ1v) is 10.5. The Morgan fingerprint density at radius 3 is 2.18 bits per heavy atom. The Hall–Kier alpha value is -3.30. The van der Waals surface area contributed by atoms with Crippen LogP contribution in [-0.2, 0) is 23.9 Å². The molecule has 10 nitrogen and oxygen atoms in total. The summed E-state index contributed by atoms with van der Waals surface area (Å²) in [4.78, 5) is 51.8. The third-order valence-electron chi connectivity index (χ3n) is 4.39. The molecule has 0 spiro atoms. The number of carbonyl (C=O) groups excluding carboxylic acids is 4. The molecule has 1 rings (SSSR count). The maximum absolute atomic E-state index is 13.5. The van der Waals surface area contributed by atoms with Gasteiger partial charge in [-0.25, -0.2) is 4.79 Å². The van der Waals surface area contributed by atoms with E-state index < -0.39 is 53.6 Å². The van der Waals surface area contributed by atoms with Crippen molar-refractivity contribution in [2.24, 2.45) is 0 Å². The van der Waals surface area contributed by atoms with Crippen molar-refractivity contribution in [2.75, 3.05) is 13.7 Å². The minimum absolute atomic E-state index is 0.0977. The van der Waals surface area contributed by atoms with Crippen molar-refractivity contribution in [1.82, 2.24) is 15.5 Å². The molecule has 0 saturated heterocycles. The Kier molecular flexibility index (Phi) is 9.26. The van der Waals surface area contributed by atoms with Gasteiger partial charge in [0, 0.05) is 5.54 Å². The predicted octanol–water partition coefficient (Wildman–Crippen LogP) is 2.26. The zero-order valence-electron chi connectivity index (χ0n) is 20.5. The first-order chi connectivity index (χ1) is 15.1. The highest BCUT2D eigenvalue weighted by atomic mass is 16.6. The molecule has 2 atom stereocenters. The van der Waals surface area contributed by atoms with Gasteiger partial charge in [-0.3, -0.25) is 14.4 Å². The van der Waals surface area contributed by atoms with Crippen LogP contribution in [0.5, 0.6) is 5.75 Å². The number of phenolic OH excluding ortho intramolecular Hbond substituents is 1. The van der Waals surface area contributed by atoms with E-state index in [-0.39, 0.29) is 5.75 Å². The monoisotopic (exact) mass is 465 g/mol. The Morgan fingerprint density at radius 2 is 1.70 bits per heavy atom. The number of methoxy groups -OCH3 is 1. The lowest BCUT2D eigenvalue weighted by molar-refractivity contribution is -0.149. The number of aromatic hydroxyl groups is 1. The highest BCUT2D eigenvalue weighted by Crippen LogP contribution is 2.31. The molecule has 184 valence electrons. The summed E-state index contributed by atoms with van der Waals surface area (Å²) < 4.78 is 9.79. The predicted molar refractivity (Wildman–Crippen MR) is 121 cm³/mol. The van der Waals surface area contributed by atoms with E-state index >= 15 is 0 Å². The fraction of sp³-hybridized carbons (Fsp3) is 0.565. The molecule has 1 aromatic carbocycles. The normalized spacial score (nSPS) is 13.3. The number of ether oxygens (including phenoxy) is 2. The summed E-state index contributed by atoms with van der Waals surface area (Å²) in [5, 5.41) is 14.9. The molecule has 33 heavy (non-hydrogen) atoms. The molecule has 0 bridgehead atoms. The average Bonchev–Trinajstić information content (AvgIpc) is 2.66. The maximum atomic E-state index is 13.5. The first-order valence-electron chi connectivity index (χ1n) is 10.5. The van der Waals surface area contributed by atoms with Gasteiger partial charge in [0.25, 0.3) is 0 Å². The largest absolute Gasteiger partial charge is 0.508 e. The highest BCUT2D eigenvalue weighted by molar-refractivity contribution is 5.93. The molecular formula is C23H35N3O7. The summed E-state index contributed by atoms with van der Waals surface area (Å²) in [6, 6.07) is 3.67. The van der Waals surface area contributed by atoms with Crippen molar-refractivity contribution in [3.05, 3.63) is 29.8 Å². The molecule has 0 aromatic heterocycles. The van der Waals surface area contributed by atoms with E-state index in [1.807, 2.05) is 0 Å². The maximum Gasteiger partial charge on any atom is 0.408 e. The number of carbonyl (C=O) groups is 4. The molecule has 0 heterocycles. The van der Waals surface area contributed by atoms with Crippen LogP contribution in [-0.4, -0.2) is 64.7 Å². The summed E-state index contributed by atoms with van der Waals surface area (Å²) in [5.74, 6) is -1.97. The van der Waals surface area contributed by atoms with Crippen molar-refractivity contribution in [1.29, 1.82) is 0 Å². The van der Waals surface area contributed by atoms with E-state index in [0.29, 0.717) is 5.56 Å². The van der Waals surface area contributed by atoms with Crippen LogP contribution in [0.3, 0.4) is 0 Å². The lowest BCUT2D eigenvalue weighted by Gasteiger charge is -2.42. The topological polar surface area (TPSA) is 134 Å². The second kappa shape index (κ2) is 11.0. The molecule has 0 fully saturated rings. The van der Waals surface area contributed by atoms with Gasteiger partial charge in [0.1, 0.15) is 30.0 Å². The van der Waals surface area contributed by atoms with Crippen LogP contribution >= 0.6 is 0 Å². The summed E-state index contributed by atoms with van der Waals surface area (Å²) in [6.45, 7) is 11.4. The zero-order valence-corrected chi connectivity index (χ0v) is 20.5. The Bertz CT molecular complexity index is 872. The van der Waals surface area contributed by atoms with Gasteiger partial charge in [0.15, 0.2) is 0 Å². The van der Waals surface area contributed by atoms with Crippen LogP contribution < -0.4 is 10.6 Å². The van der Waals surface area contributed by atoms with Gasteiger partial charge >= 0.3 is 12.1 Å². The minimum Gasteiger partial charge on any atom is -0.508 e. The summed E-state index contributed by atoms with van der Waals surface area (Å²) in [5.41, 5.74) is -1.32. The van der Waals surface area contributed by atoms with Crippen molar-refractivity contribution >= 4 is 23.9 Å². The van der Waals surface area contributed by atoms with Gasteiger partial charge in [-0.1, -0.05) is 12.1 Å². The number of nitrogens with zero attached hydrogens (tertiary/aromatic N) is 1. The number of nitrogens with one attached hydrogen (secondary N) is 2. The molecule has 0 aliphatic rings. The van der Waals surface area contributed by atoms with Gasteiger partial charge in [0.2, 0.25) is 11.8 Å². The summed E-state index contributed by atoms with van der Waals surface area (Å²) in [6.07, 6.45) is -0.777. The lowest BCUT2D eigenvalue weighted by Crippen LogP contribution is -2.58. The quantitative estimate of drug-likeness (QED) is 0.526. The molecule has 1 aromatic rings. The van der Waals surface area contributed by atoms with Crippen LogP contribution in [0.2, 0.25) is 0 Å². The molecule has 3 N–H and O–H groups in total. The van der Waals surface area contributed by atoms with Crippen LogP contribution in [0.15, 0.2) is 24.3 Å². The second-order valence-electron chi connectivity index (χ2n) is 9.54. The molecule has 0 saturated carbocycles. The van der Waals surface area contributed by atoms with E-state index in [2.05, 4.69) is 15.4 Å². The Morgan fingerprint density at radius 1 is 1.09 bits per heavy atom. The van der Waals surface area contributed by atoms with Crippen LogP contribution in [0, 0.1) is 0 Å².